The van der Waals surface area contributed by atoms with E-state index in [0.29, 0.717) is 18.9 Å². The van der Waals surface area contributed by atoms with Crippen LogP contribution in [-0.2, 0) is 4.79 Å². The Hall–Kier alpha value is -1.32. The number of amides is 1. The van der Waals surface area contributed by atoms with Gasteiger partial charge in [0.25, 0.3) is 0 Å². The predicted molar refractivity (Wildman–Crippen MR) is 98.6 cm³/mol. The van der Waals surface area contributed by atoms with Crippen LogP contribution in [-0.4, -0.2) is 23.9 Å². The molecule has 1 fully saturated rings. The molecule has 2 rings (SSSR count). The van der Waals surface area contributed by atoms with Gasteiger partial charge >= 0.3 is 0 Å². The standard InChI is InChI=1S/C19H28N2O.ClH/c1-2-13-21(15-16-9-5-3-6-10-16)19(22)14-18(20)17-11-7-4-8-12-17;/h2,4,7-8,11-12,16,18H,1,3,5-6,9-10,13-15,20H2;1H. The summed E-state index contributed by atoms with van der Waals surface area (Å²) in [6.45, 7) is 5.26. The van der Waals surface area contributed by atoms with Crippen LogP contribution in [0.2, 0.25) is 0 Å². The topological polar surface area (TPSA) is 46.3 Å². The molecule has 1 aromatic carbocycles. The lowest BCUT2D eigenvalue weighted by molar-refractivity contribution is -0.131. The molecule has 4 heteroatoms. The van der Waals surface area contributed by atoms with Crippen molar-refractivity contribution in [2.45, 2.75) is 44.6 Å². The van der Waals surface area contributed by atoms with Gasteiger partial charge in [0.1, 0.15) is 0 Å². The number of rotatable bonds is 7. The molecular formula is C19H29ClN2O. The van der Waals surface area contributed by atoms with Crippen LogP contribution in [0, 0.1) is 5.92 Å². The number of nitrogens with zero attached hydrogens (tertiary/aromatic N) is 1. The van der Waals surface area contributed by atoms with Crippen LogP contribution in [0.1, 0.15) is 50.1 Å². The molecule has 0 bridgehead atoms. The molecule has 0 spiro atoms. The Balaban J connectivity index is 0.00000264. The summed E-state index contributed by atoms with van der Waals surface area (Å²) in [6.07, 6.45) is 8.59. The van der Waals surface area contributed by atoms with Gasteiger partial charge in [-0.1, -0.05) is 55.7 Å². The Bertz CT molecular complexity index is 472. The van der Waals surface area contributed by atoms with E-state index in [1.165, 1.54) is 32.1 Å². The maximum Gasteiger partial charge on any atom is 0.224 e. The fourth-order valence-electron chi connectivity index (χ4n) is 3.25. The highest BCUT2D eigenvalue weighted by molar-refractivity contribution is 5.85. The molecule has 1 aliphatic carbocycles. The van der Waals surface area contributed by atoms with Gasteiger partial charge in [0.15, 0.2) is 0 Å². The van der Waals surface area contributed by atoms with E-state index in [9.17, 15) is 4.79 Å². The molecule has 0 saturated heterocycles. The summed E-state index contributed by atoms with van der Waals surface area (Å²) >= 11 is 0. The molecule has 1 saturated carbocycles. The van der Waals surface area contributed by atoms with Crippen molar-refractivity contribution >= 4 is 18.3 Å². The summed E-state index contributed by atoms with van der Waals surface area (Å²) in [5, 5.41) is 0. The molecule has 1 aliphatic rings. The molecule has 1 atom stereocenters. The van der Waals surface area contributed by atoms with Crippen molar-refractivity contribution in [2.75, 3.05) is 13.1 Å². The second-order valence-electron chi connectivity index (χ2n) is 6.31. The van der Waals surface area contributed by atoms with Gasteiger partial charge in [-0.25, -0.2) is 0 Å². The summed E-state index contributed by atoms with van der Waals surface area (Å²) in [4.78, 5) is 14.5. The first kappa shape index (κ1) is 19.7. The maximum absolute atomic E-state index is 12.6. The molecule has 1 aromatic rings. The van der Waals surface area contributed by atoms with Crippen LogP contribution in [0.25, 0.3) is 0 Å². The fourth-order valence-corrected chi connectivity index (χ4v) is 3.25. The highest BCUT2D eigenvalue weighted by Gasteiger charge is 2.22. The molecule has 0 heterocycles. The minimum atomic E-state index is -0.229. The molecule has 2 N–H and O–H groups in total. The summed E-state index contributed by atoms with van der Waals surface area (Å²) in [6, 6.07) is 9.62. The highest BCUT2D eigenvalue weighted by atomic mass is 35.5. The zero-order valence-electron chi connectivity index (χ0n) is 13.8. The van der Waals surface area contributed by atoms with Gasteiger partial charge in [-0.3, -0.25) is 4.79 Å². The number of hydrogen-bond donors (Lipinski definition) is 1. The van der Waals surface area contributed by atoms with Crippen molar-refractivity contribution in [1.29, 1.82) is 0 Å². The molecule has 23 heavy (non-hydrogen) atoms. The first-order valence-corrected chi connectivity index (χ1v) is 8.40. The summed E-state index contributed by atoms with van der Waals surface area (Å²) in [5.74, 6) is 0.785. The quantitative estimate of drug-likeness (QED) is 0.762. The minimum Gasteiger partial charge on any atom is -0.339 e. The van der Waals surface area contributed by atoms with E-state index in [1.807, 2.05) is 41.3 Å². The SMILES string of the molecule is C=CCN(CC1CCCCC1)C(=O)CC(N)c1ccccc1.Cl. The number of hydrogen-bond acceptors (Lipinski definition) is 2. The van der Waals surface area contributed by atoms with E-state index in [4.69, 9.17) is 5.73 Å². The summed E-state index contributed by atoms with van der Waals surface area (Å²) in [7, 11) is 0. The molecular weight excluding hydrogens is 308 g/mol. The first-order chi connectivity index (χ1) is 10.7. The molecule has 0 radical (unpaired) electrons. The van der Waals surface area contributed by atoms with E-state index in [2.05, 4.69) is 6.58 Å². The minimum absolute atomic E-state index is 0. The van der Waals surface area contributed by atoms with Gasteiger partial charge < -0.3 is 10.6 Å². The van der Waals surface area contributed by atoms with E-state index >= 15 is 0 Å². The van der Waals surface area contributed by atoms with Crippen LogP contribution in [0.3, 0.4) is 0 Å². The summed E-state index contributed by atoms with van der Waals surface area (Å²) in [5.41, 5.74) is 7.21. The van der Waals surface area contributed by atoms with E-state index in [1.54, 1.807) is 0 Å². The second-order valence-corrected chi connectivity index (χ2v) is 6.31. The fraction of sp³-hybridized carbons (Fsp3) is 0.526. The van der Waals surface area contributed by atoms with Crippen molar-refractivity contribution < 1.29 is 4.79 Å². The Morgan fingerprint density at radius 3 is 2.52 bits per heavy atom. The van der Waals surface area contributed by atoms with Gasteiger partial charge in [0.2, 0.25) is 5.91 Å². The molecule has 0 aliphatic heterocycles. The highest BCUT2D eigenvalue weighted by Crippen LogP contribution is 2.25. The smallest absolute Gasteiger partial charge is 0.224 e. The number of carbonyl (C=O) groups is 1. The van der Waals surface area contributed by atoms with E-state index in [-0.39, 0.29) is 24.4 Å². The molecule has 128 valence electrons. The molecule has 1 unspecified atom stereocenters. The number of halogens is 1. The monoisotopic (exact) mass is 336 g/mol. The normalized spacial score (nSPS) is 16.2. The Morgan fingerprint density at radius 1 is 1.26 bits per heavy atom. The van der Waals surface area contributed by atoms with Crippen molar-refractivity contribution in [1.82, 2.24) is 4.90 Å². The average molecular weight is 337 g/mol. The number of benzene rings is 1. The van der Waals surface area contributed by atoms with Gasteiger partial charge in [-0.05, 0) is 24.3 Å². The molecule has 0 aromatic heterocycles. The number of nitrogens with two attached hydrogens (primary N) is 1. The van der Waals surface area contributed by atoms with Crippen LogP contribution in [0.5, 0.6) is 0 Å². The van der Waals surface area contributed by atoms with Crippen LogP contribution < -0.4 is 5.73 Å². The Kier molecular flexibility index (Phi) is 8.97. The molecule has 3 nitrogen and oxygen atoms in total. The van der Waals surface area contributed by atoms with Crippen LogP contribution >= 0.6 is 12.4 Å². The predicted octanol–water partition coefficient (Wildman–Crippen LogP) is 4.09. The zero-order valence-corrected chi connectivity index (χ0v) is 14.6. The van der Waals surface area contributed by atoms with Crippen molar-refractivity contribution in [2.24, 2.45) is 11.7 Å². The number of carbonyl (C=O) groups excluding carboxylic acids is 1. The van der Waals surface area contributed by atoms with E-state index < -0.39 is 0 Å². The maximum atomic E-state index is 12.6. The lowest BCUT2D eigenvalue weighted by Crippen LogP contribution is -2.37. The third kappa shape index (κ3) is 6.36. The molecule has 1 amide bonds. The lowest BCUT2D eigenvalue weighted by atomic mass is 9.89. The zero-order chi connectivity index (χ0) is 15.8. The van der Waals surface area contributed by atoms with Gasteiger partial charge in [0.05, 0.1) is 0 Å². The van der Waals surface area contributed by atoms with Crippen LogP contribution in [0.15, 0.2) is 43.0 Å². The van der Waals surface area contributed by atoms with Gasteiger partial charge in [-0.2, -0.15) is 0 Å². The lowest BCUT2D eigenvalue weighted by Gasteiger charge is -2.30. The van der Waals surface area contributed by atoms with Gasteiger partial charge in [-0.15, -0.1) is 19.0 Å². The van der Waals surface area contributed by atoms with Crippen molar-refractivity contribution in [3.63, 3.8) is 0 Å². The van der Waals surface area contributed by atoms with Crippen LogP contribution in [0.4, 0.5) is 0 Å². The first-order valence-electron chi connectivity index (χ1n) is 8.40. The summed E-state index contributed by atoms with van der Waals surface area (Å²) < 4.78 is 0. The van der Waals surface area contributed by atoms with Crippen molar-refractivity contribution in [3.05, 3.63) is 48.6 Å². The third-order valence-corrected chi connectivity index (χ3v) is 4.53. The third-order valence-electron chi connectivity index (χ3n) is 4.53. The average Bonchev–Trinajstić information content (AvgIpc) is 2.56. The largest absolute Gasteiger partial charge is 0.339 e. The van der Waals surface area contributed by atoms with Gasteiger partial charge in [0, 0.05) is 25.6 Å². The Labute approximate surface area is 146 Å². The van der Waals surface area contributed by atoms with E-state index in [0.717, 1.165) is 12.1 Å². The Morgan fingerprint density at radius 2 is 1.91 bits per heavy atom. The second kappa shape index (κ2) is 10.5. The van der Waals surface area contributed by atoms with Crippen molar-refractivity contribution in [3.8, 4) is 0 Å².